The van der Waals surface area contributed by atoms with Gasteiger partial charge in [0.25, 0.3) is 0 Å². The highest BCUT2D eigenvalue weighted by atomic mass is 32.2. The van der Waals surface area contributed by atoms with E-state index in [2.05, 4.69) is 41.8 Å². The molecule has 1 atom stereocenters. The number of nitrogens with zero attached hydrogens (tertiary/aromatic N) is 2. The van der Waals surface area contributed by atoms with Crippen LogP contribution in [-0.2, 0) is 0 Å². The number of aryl methyl sites for hydroxylation is 1. The van der Waals surface area contributed by atoms with Gasteiger partial charge in [-0.2, -0.15) is 11.8 Å². The van der Waals surface area contributed by atoms with Crippen molar-refractivity contribution in [3.8, 4) is 0 Å². The Labute approximate surface area is 121 Å². The minimum Gasteiger partial charge on any atom is -0.352 e. The summed E-state index contributed by atoms with van der Waals surface area (Å²) < 4.78 is 2.39. The van der Waals surface area contributed by atoms with Gasteiger partial charge in [0.2, 0.25) is 5.95 Å². The Morgan fingerprint density at radius 2 is 2.16 bits per heavy atom. The highest BCUT2D eigenvalue weighted by Crippen LogP contribution is 2.31. The molecule has 4 heteroatoms. The third-order valence-electron chi connectivity index (χ3n) is 3.77. The van der Waals surface area contributed by atoms with E-state index >= 15 is 0 Å². The average molecular weight is 281 g/mol. The van der Waals surface area contributed by atoms with E-state index in [4.69, 9.17) is 0 Å². The van der Waals surface area contributed by atoms with Gasteiger partial charge in [-0.15, -0.1) is 0 Å². The Morgan fingerprint density at radius 1 is 1.42 bits per heavy atom. The van der Waals surface area contributed by atoms with Crippen molar-refractivity contribution in [1.82, 2.24) is 9.55 Å². The topological polar surface area (TPSA) is 29.9 Å². The van der Waals surface area contributed by atoms with Crippen LogP contribution in [0.25, 0.3) is 0 Å². The second kappa shape index (κ2) is 7.22. The number of aromatic nitrogens is 2. The van der Waals surface area contributed by atoms with Crippen LogP contribution in [0.2, 0.25) is 0 Å². The molecule has 1 aromatic heterocycles. The van der Waals surface area contributed by atoms with Gasteiger partial charge in [-0.25, -0.2) is 4.98 Å². The molecular formula is C15H27N3S. The standard InChI is InChI=1S/C15H27N3S/c1-4-19-11-13(3)17-15-16-12(2)10-18(15)14-8-6-5-7-9-14/h10,13-14H,4-9,11H2,1-3H3,(H,16,17). The number of anilines is 1. The van der Waals surface area contributed by atoms with Gasteiger partial charge in [-0.05, 0) is 32.4 Å². The van der Waals surface area contributed by atoms with Crippen LogP contribution in [0.4, 0.5) is 5.95 Å². The summed E-state index contributed by atoms with van der Waals surface area (Å²) in [6.07, 6.45) is 8.96. The molecule has 1 unspecified atom stereocenters. The maximum atomic E-state index is 4.68. The van der Waals surface area contributed by atoms with Gasteiger partial charge in [0.05, 0.1) is 5.69 Å². The van der Waals surface area contributed by atoms with E-state index in [-0.39, 0.29) is 0 Å². The smallest absolute Gasteiger partial charge is 0.203 e. The van der Waals surface area contributed by atoms with E-state index in [0.717, 1.165) is 17.4 Å². The van der Waals surface area contributed by atoms with Crippen molar-refractivity contribution < 1.29 is 0 Å². The van der Waals surface area contributed by atoms with Crippen LogP contribution in [0.15, 0.2) is 6.20 Å². The first-order valence-corrected chi connectivity index (χ1v) is 8.76. The second-order valence-corrected chi connectivity index (χ2v) is 6.93. The molecule has 0 bridgehead atoms. The minimum absolute atomic E-state index is 0.481. The lowest BCUT2D eigenvalue weighted by atomic mass is 9.95. The largest absolute Gasteiger partial charge is 0.352 e. The van der Waals surface area contributed by atoms with E-state index in [1.807, 2.05) is 11.8 Å². The Balaban J connectivity index is 2.02. The van der Waals surface area contributed by atoms with Gasteiger partial charge in [0.15, 0.2) is 0 Å². The molecule has 0 spiro atoms. The second-order valence-electron chi connectivity index (χ2n) is 5.61. The molecular weight excluding hydrogens is 254 g/mol. The summed E-state index contributed by atoms with van der Waals surface area (Å²) in [4.78, 5) is 4.68. The Hall–Kier alpha value is -0.640. The number of hydrogen-bond donors (Lipinski definition) is 1. The van der Waals surface area contributed by atoms with E-state index in [0.29, 0.717) is 12.1 Å². The summed E-state index contributed by atoms with van der Waals surface area (Å²) in [7, 11) is 0. The van der Waals surface area contributed by atoms with Gasteiger partial charge in [-0.1, -0.05) is 26.2 Å². The van der Waals surface area contributed by atoms with Crippen molar-refractivity contribution in [3.05, 3.63) is 11.9 Å². The third kappa shape index (κ3) is 4.16. The Bertz CT molecular complexity index is 383. The molecule has 0 radical (unpaired) electrons. The monoisotopic (exact) mass is 281 g/mol. The van der Waals surface area contributed by atoms with Crippen molar-refractivity contribution in [2.24, 2.45) is 0 Å². The lowest BCUT2D eigenvalue weighted by molar-refractivity contribution is 0.355. The van der Waals surface area contributed by atoms with Crippen molar-refractivity contribution in [3.63, 3.8) is 0 Å². The van der Waals surface area contributed by atoms with Crippen LogP contribution in [0.3, 0.4) is 0 Å². The number of thioether (sulfide) groups is 1. The third-order valence-corrected chi connectivity index (χ3v) is 4.91. The molecule has 1 aromatic rings. The van der Waals surface area contributed by atoms with Crippen LogP contribution >= 0.6 is 11.8 Å². The first kappa shape index (κ1) is 14.8. The quantitative estimate of drug-likeness (QED) is 0.845. The fourth-order valence-electron chi connectivity index (χ4n) is 2.82. The SMILES string of the molecule is CCSCC(C)Nc1nc(C)cn1C1CCCCC1. The summed E-state index contributed by atoms with van der Waals surface area (Å²) in [6.45, 7) is 6.55. The number of nitrogens with one attached hydrogen (secondary N) is 1. The molecule has 0 amide bonds. The Morgan fingerprint density at radius 3 is 2.84 bits per heavy atom. The number of rotatable bonds is 6. The molecule has 0 saturated heterocycles. The van der Waals surface area contributed by atoms with Gasteiger partial charge in [0.1, 0.15) is 0 Å². The van der Waals surface area contributed by atoms with Crippen LogP contribution in [0, 0.1) is 6.92 Å². The molecule has 1 aliphatic carbocycles. The fraction of sp³-hybridized carbons (Fsp3) is 0.800. The summed E-state index contributed by atoms with van der Waals surface area (Å²) in [5.41, 5.74) is 1.13. The van der Waals surface area contributed by atoms with Gasteiger partial charge in [0, 0.05) is 24.0 Å². The van der Waals surface area contributed by atoms with Crippen LogP contribution in [0.1, 0.15) is 57.7 Å². The highest BCUT2D eigenvalue weighted by Gasteiger charge is 2.19. The molecule has 108 valence electrons. The summed E-state index contributed by atoms with van der Waals surface area (Å²) >= 11 is 1.98. The maximum Gasteiger partial charge on any atom is 0.203 e. The number of hydrogen-bond acceptors (Lipinski definition) is 3. The van der Waals surface area contributed by atoms with Crippen molar-refractivity contribution in [2.75, 3.05) is 16.8 Å². The predicted molar refractivity (Wildman–Crippen MR) is 85.2 cm³/mol. The fourth-order valence-corrected chi connectivity index (χ4v) is 3.49. The predicted octanol–water partition coefficient (Wildman–Crippen LogP) is 4.25. The van der Waals surface area contributed by atoms with Crippen molar-refractivity contribution in [2.45, 2.75) is 65.0 Å². The molecule has 3 nitrogen and oxygen atoms in total. The van der Waals surface area contributed by atoms with Gasteiger partial charge in [-0.3, -0.25) is 0 Å². The molecule has 1 aliphatic rings. The van der Waals surface area contributed by atoms with Crippen LogP contribution < -0.4 is 5.32 Å². The lowest BCUT2D eigenvalue weighted by Crippen LogP contribution is -2.23. The van der Waals surface area contributed by atoms with E-state index in [1.54, 1.807) is 0 Å². The van der Waals surface area contributed by atoms with E-state index in [1.165, 1.54) is 37.9 Å². The molecule has 1 N–H and O–H groups in total. The number of imidazole rings is 1. The maximum absolute atomic E-state index is 4.68. The van der Waals surface area contributed by atoms with Gasteiger partial charge < -0.3 is 9.88 Å². The first-order valence-electron chi connectivity index (χ1n) is 7.60. The van der Waals surface area contributed by atoms with Crippen molar-refractivity contribution in [1.29, 1.82) is 0 Å². The van der Waals surface area contributed by atoms with Crippen LogP contribution in [-0.4, -0.2) is 27.1 Å². The zero-order valence-electron chi connectivity index (χ0n) is 12.5. The zero-order valence-corrected chi connectivity index (χ0v) is 13.3. The van der Waals surface area contributed by atoms with Crippen molar-refractivity contribution >= 4 is 17.7 Å². The molecule has 0 aliphatic heterocycles. The Kier molecular flexibility index (Phi) is 5.61. The van der Waals surface area contributed by atoms with Crippen LogP contribution in [0.5, 0.6) is 0 Å². The summed E-state index contributed by atoms with van der Waals surface area (Å²) in [5.74, 6) is 3.41. The summed E-state index contributed by atoms with van der Waals surface area (Å²) in [6, 6.07) is 1.14. The molecule has 2 rings (SSSR count). The highest BCUT2D eigenvalue weighted by molar-refractivity contribution is 7.99. The molecule has 1 heterocycles. The van der Waals surface area contributed by atoms with E-state index < -0.39 is 0 Å². The minimum atomic E-state index is 0.481. The zero-order chi connectivity index (χ0) is 13.7. The van der Waals surface area contributed by atoms with E-state index in [9.17, 15) is 0 Å². The van der Waals surface area contributed by atoms with Gasteiger partial charge >= 0.3 is 0 Å². The average Bonchev–Trinajstić information content (AvgIpc) is 2.78. The lowest BCUT2D eigenvalue weighted by Gasteiger charge is -2.25. The molecule has 1 saturated carbocycles. The molecule has 0 aromatic carbocycles. The molecule has 19 heavy (non-hydrogen) atoms. The first-order chi connectivity index (χ1) is 9.20. The molecule has 1 fully saturated rings. The normalized spacial score (nSPS) is 18.5. The summed E-state index contributed by atoms with van der Waals surface area (Å²) in [5, 5.41) is 3.59.